The maximum atomic E-state index is 12.4. The summed E-state index contributed by atoms with van der Waals surface area (Å²) in [5.74, 6) is -2.07. The fourth-order valence-corrected chi connectivity index (χ4v) is 3.26. The fourth-order valence-electron chi connectivity index (χ4n) is 3.26. The van der Waals surface area contributed by atoms with Crippen LogP contribution in [0.2, 0.25) is 0 Å². The molecule has 0 aromatic carbocycles. The fraction of sp³-hybridized carbons (Fsp3) is 0.857. The maximum absolute atomic E-state index is 12.4. The van der Waals surface area contributed by atoms with Crippen molar-refractivity contribution in [1.82, 2.24) is 4.90 Å². The van der Waals surface area contributed by atoms with Crippen LogP contribution in [0.15, 0.2) is 0 Å². The number of ether oxygens (including phenoxy) is 1. The van der Waals surface area contributed by atoms with Gasteiger partial charge in [-0.05, 0) is 12.8 Å². The molecule has 0 radical (unpaired) electrons. The molecule has 0 aromatic rings. The molecule has 0 bridgehead atoms. The van der Waals surface area contributed by atoms with Crippen molar-refractivity contribution in [2.45, 2.75) is 37.7 Å². The highest BCUT2D eigenvalue weighted by Crippen LogP contribution is 2.33. The summed E-state index contributed by atoms with van der Waals surface area (Å²) >= 11 is 0. The Bertz CT molecular complexity index is 378. The molecule has 1 saturated carbocycles. The Hall–Kier alpha value is -1.14. The Morgan fingerprint density at radius 3 is 2.45 bits per heavy atom. The Labute approximate surface area is 118 Å². The molecule has 2 aliphatic rings. The molecule has 2 N–H and O–H groups in total. The second-order valence-electron chi connectivity index (χ2n) is 6.01. The van der Waals surface area contributed by atoms with E-state index < -0.39 is 23.4 Å². The molecular weight excluding hydrogens is 262 g/mol. The van der Waals surface area contributed by atoms with Gasteiger partial charge in [0.1, 0.15) is 0 Å². The van der Waals surface area contributed by atoms with E-state index in [0.717, 1.165) is 6.42 Å². The molecule has 1 heterocycles. The summed E-state index contributed by atoms with van der Waals surface area (Å²) in [5.41, 5.74) is -0.903. The molecule has 1 saturated heterocycles. The molecule has 6 heteroatoms. The summed E-state index contributed by atoms with van der Waals surface area (Å²) in [4.78, 5) is 25.0. The van der Waals surface area contributed by atoms with Crippen LogP contribution in [0.25, 0.3) is 0 Å². The number of carbonyl (C=O) groups excluding carboxylic acids is 1. The van der Waals surface area contributed by atoms with Crippen molar-refractivity contribution in [3.63, 3.8) is 0 Å². The van der Waals surface area contributed by atoms with E-state index in [1.165, 1.54) is 4.90 Å². The van der Waals surface area contributed by atoms with Crippen LogP contribution in [-0.2, 0) is 14.3 Å². The molecular formula is C14H23NO5. The van der Waals surface area contributed by atoms with E-state index in [-0.39, 0.29) is 12.5 Å². The number of amides is 1. The summed E-state index contributed by atoms with van der Waals surface area (Å²) in [5, 5.41) is 19.6. The van der Waals surface area contributed by atoms with Gasteiger partial charge in [-0.2, -0.15) is 0 Å². The quantitative estimate of drug-likeness (QED) is 0.785. The first-order valence-electron chi connectivity index (χ1n) is 7.21. The molecule has 1 aliphatic carbocycles. The number of carbonyl (C=O) groups is 2. The minimum atomic E-state index is -0.903. The van der Waals surface area contributed by atoms with Crippen LogP contribution in [0, 0.1) is 11.8 Å². The van der Waals surface area contributed by atoms with Crippen LogP contribution in [-0.4, -0.2) is 59.4 Å². The smallest absolute Gasteiger partial charge is 0.307 e. The van der Waals surface area contributed by atoms with Crippen LogP contribution in [0.1, 0.15) is 32.1 Å². The Morgan fingerprint density at radius 1 is 1.25 bits per heavy atom. The average molecular weight is 285 g/mol. The lowest BCUT2D eigenvalue weighted by atomic mass is 9.91. The van der Waals surface area contributed by atoms with Gasteiger partial charge in [-0.25, -0.2) is 0 Å². The number of carboxylic acids is 1. The minimum Gasteiger partial charge on any atom is -0.481 e. The lowest BCUT2D eigenvalue weighted by Gasteiger charge is -2.36. The number of hydrogen-bond donors (Lipinski definition) is 2. The molecule has 2 rings (SSSR count). The Balaban J connectivity index is 1.96. The van der Waals surface area contributed by atoms with Crippen molar-refractivity contribution in [2.24, 2.45) is 11.8 Å². The van der Waals surface area contributed by atoms with Crippen molar-refractivity contribution in [3.05, 3.63) is 0 Å². The maximum Gasteiger partial charge on any atom is 0.307 e. The summed E-state index contributed by atoms with van der Waals surface area (Å²) in [7, 11) is 1.65. The van der Waals surface area contributed by atoms with Gasteiger partial charge in [0.2, 0.25) is 5.91 Å². The number of likely N-dealkylation sites (N-methyl/N-ethyl adjacent to an activating group) is 1. The van der Waals surface area contributed by atoms with Crippen LogP contribution in [0.5, 0.6) is 0 Å². The average Bonchev–Trinajstić information content (AvgIpc) is 2.87. The van der Waals surface area contributed by atoms with Crippen LogP contribution < -0.4 is 0 Å². The molecule has 2 fully saturated rings. The van der Waals surface area contributed by atoms with E-state index in [2.05, 4.69) is 0 Å². The van der Waals surface area contributed by atoms with E-state index >= 15 is 0 Å². The van der Waals surface area contributed by atoms with E-state index in [1.807, 2.05) is 0 Å². The van der Waals surface area contributed by atoms with Crippen LogP contribution in [0.4, 0.5) is 0 Å². The van der Waals surface area contributed by atoms with Gasteiger partial charge in [-0.1, -0.05) is 6.42 Å². The predicted octanol–water partition coefficient (Wildman–Crippen LogP) is 0.487. The van der Waals surface area contributed by atoms with Gasteiger partial charge in [0.25, 0.3) is 0 Å². The summed E-state index contributed by atoms with van der Waals surface area (Å²) in [6.45, 7) is 1.25. The van der Waals surface area contributed by atoms with Gasteiger partial charge in [-0.3, -0.25) is 9.59 Å². The Kier molecular flexibility index (Phi) is 4.65. The normalized spacial score (nSPS) is 29.1. The van der Waals surface area contributed by atoms with Gasteiger partial charge < -0.3 is 19.8 Å². The third kappa shape index (κ3) is 3.30. The first-order chi connectivity index (χ1) is 9.43. The highest BCUT2D eigenvalue weighted by molar-refractivity contribution is 5.85. The monoisotopic (exact) mass is 285 g/mol. The van der Waals surface area contributed by atoms with Crippen LogP contribution >= 0.6 is 0 Å². The first kappa shape index (κ1) is 15.3. The van der Waals surface area contributed by atoms with Gasteiger partial charge in [0.05, 0.1) is 17.4 Å². The second kappa shape index (κ2) is 6.10. The number of aliphatic hydroxyl groups is 1. The van der Waals surface area contributed by atoms with Gasteiger partial charge in [-0.15, -0.1) is 0 Å². The zero-order chi connectivity index (χ0) is 14.8. The number of aliphatic carboxylic acids is 1. The number of nitrogens with zero attached hydrogens (tertiary/aromatic N) is 1. The third-order valence-electron chi connectivity index (χ3n) is 4.48. The molecule has 6 nitrogen and oxygen atoms in total. The van der Waals surface area contributed by atoms with E-state index in [1.54, 1.807) is 7.05 Å². The van der Waals surface area contributed by atoms with E-state index in [0.29, 0.717) is 38.9 Å². The summed E-state index contributed by atoms with van der Waals surface area (Å²) in [6.07, 6.45) is 2.99. The third-order valence-corrected chi connectivity index (χ3v) is 4.48. The number of rotatable bonds is 4. The van der Waals surface area contributed by atoms with Crippen molar-refractivity contribution in [1.29, 1.82) is 0 Å². The summed E-state index contributed by atoms with van der Waals surface area (Å²) < 4.78 is 5.21. The molecule has 0 unspecified atom stereocenters. The molecule has 20 heavy (non-hydrogen) atoms. The van der Waals surface area contributed by atoms with Crippen molar-refractivity contribution < 1.29 is 24.5 Å². The zero-order valence-corrected chi connectivity index (χ0v) is 11.9. The lowest BCUT2D eigenvalue weighted by Crippen LogP contribution is -2.49. The summed E-state index contributed by atoms with van der Waals surface area (Å²) in [6, 6.07) is 0. The minimum absolute atomic E-state index is 0.158. The highest BCUT2D eigenvalue weighted by Gasteiger charge is 2.41. The largest absolute Gasteiger partial charge is 0.481 e. The number of hydrogen-bond acceptors (Lipinski definition) is 4. The second-order valence-corrected chi connectivity index (χ2v) is 6.01. The van der Waals surface area contributed by atoms with Gasteiger partial charge in [0, 0.05) is 39.6 Å². The molecule has 114 valence electrons. The predicted molar refractivity (Wildman–Crippen MR) is 71.1 cm³/mol. The van der Waals surface area contributed by atoms with Crippen molar-refractivity contribution in [3.8, 4) is 0 Å². The standard InChI is InChI=1S/C14H23NO5/c1-15(9-14(19)5-7-20-8-6-14)12(16)10-3-2-4-11(10)13(17)18/h10-11,19H,2-9H2,1H3,(H,17,18)/t10-,11+/m1/s1. The zero-order valence-electron chi connectivity index (χ0n) is 11.9. The molecule has 0 aromatic heterocycles. The van der Waals surface area contributed by atoms with Crippen molar-refractivity contribution in [2.75, 3.05) is 26.8 Å². The Morgan fingerprint density at radius 2 is 1.85 bits per heavy atom. The SMILES string of the molecule is CN(CC1(O)CCOCC1)C(=O)[C@@H]1CCC[C@@H]1C(=O)O. The highest BCUT2D eigenvalue weighted by atomic mass is 16.5. The van der Waals surface area contributed by atoms with Crippen LogP contribution in [0.3, 0.4) is 0 Å². The lowest BCUT2D eigenvalue weighted by molar-refractivity contribution is -0.150. The molecule has 0 spiro atoms. The number of carboxylic acid groups (broad SMARTS) is 1. The van der Waals surface area contributed by atoms with Crippen molar-refractivity contribution >= 4 is 11.9 Å². The van der Waals surface area contributed by atoms with Gasteiger partial charge >= 0.3 is 5.97 Å². The van der Waals surface area contributed by atoms with Gasteiger partial charge in [0.15, 0.2) is 0 Å². The topological polar surface area (TPSA) is 87.1 Å². The first-order valence-corrected chi connectivity index (χ1v) is 7.21. The molecule has 2 atom stereocenters. The van der Waals surface area contributed by atoms with E-state index in [9.17, 15) is 14.7 Å². The molecule has 1 aliphatic heterocycles. The van der Waals surface area contributed by atoms with E-state index in [4.69, 9.17) is 9.84 Å². The molecule has 1 amide bonds.